The highest BCUT2D eigenvalue weighted by molar-refractivity contribution is 4.89. The van der Waals surface area contributed by atoms with E-state index in [1.165, 1.54) is 19.3 Å². The third kappa shape index (κ3) is 7.59. The van der Waals surface area contributed by atoms with Crippen molar-refractivity contribution in [3.05, 3.63) is 0 Å². The number of nitrogens with zero attached hydrogens (tertiary/aromatic N) is 1. The lowest BCUT2D eigenvalue weighted by atomic mass is 9.81. The highest BCUT2D eigenvalue weighted by atomic mass is 16.5. The minimum atomic E-state index is 0.135. The highest BCUT2D eigenvalue weighted by Crippen LogP contribution is 2.30. The molecular formula is C17H36N2O2. The fourth-order valence-corrected chi connectivity index (χ4v) is 2.95. The van der Waals surface area contributed by atoms with Crippen LogP contribution in [0.4, 0.5) is 0 Å². The van der Waals surface area contributed by atoms with Crippen LogP contribution in [0.5, 0.6) is 0 Å². The van der Waals surface area contributed by atoms with E-state index in [2.05, 4.69) is 37.9 Å². The van der Waals surface area contributed by atoms with Crippen LogP contribution in [0, 0.1) is 5.41 Å². The van der Waals surface area contributed by atoms with Gasteiger partial charge in [0.1, 0.15) is 0 Å². The zero-order valence-electron chi connectivity index (χ0n) is 14.6. The molecule has 0 saturated carbocycles. The van der Waals surface area contributed by atoms with Gasteiger partial charge in [0.05, 0.1) is 13.2 Å². The SMILES string of the molecule is CCCCN(CCO)CC1(CNC(C)(C)C)CCCOC1. The fourth-order valence-electron chi connectivity index (χ4n) is 2.95. The van der Waals surface area contributed by atoms with Gasteiger partial charge in [0.25, 0.3) is 0 Å². The van der Waals surface area contributed by atoms with Gasteiger partial charge < -0.3 is 20.1 Å². The molecule has 126 valence electrons. The number of hydrogen-bond acceptors (Lipinski definition) is 4. The van der Waals surface area contributed by atoms with Crippen LogP contribution in [0.15, 0.2) is 0 Å². The summed E-state index contributed by atoms with van der Waals surface area (Å²) in [5, 5.41) is 13.0. The van der Waals surface area contributed by atoms with Gasteiger partial charge >= 0.3 is 0 Å². The second-order valence-electron chi connectivity index (χ2n) is 7.61. The average Bonchev–Trinajstić information content (AvgIpc) is 2.43. The first kappa shape index (κ1) is 18.9. The maximum absolute atomic E-state index is 9.32. The lowest BCUT2D eigenvalue weighted by molar-refractivity contribution is -0.0307. The average molecular weight is 300 g/mol. The van der Waals surface area contributed by atoms with Crippen molar-refractivity contribution < 1.29 is 9.84 Å². The first-order chi connectivity index (χ1) is 9.91. The van der Waals surface area contributed by atoms with Gasteiger partial charge in [-0.25, -0.2) is 0 Å². The zero-order chi connectivity index (χ0) is 15.8. The van der Waals surface area contributed by atoms with E-state index in [0.29, 0.717) is 0 Å². The molecule has 1 aliphatic rings. The van der Waals surface area contributed by atoms with Crippen molar-refractivity contribution in [2.24, 2.45) is 5.41 Å². The summed E-state index contributed by atoms with van der Waals surface area (Å²) in [7, 11) is 0. The van der Waals surface area contributed by atoms with Crippen molar-refractivity contribution in [1.82, 2.24) is 10.2 Å². The maximum Gasteiger partial charge on any atom is 0.0558 e. The summed E-state index contributed by atoms with van der Waals surface area (Å²) in [6.45, 7) is 14.7. The molecule has 0 bridgehead atoms. The van der Waals surface area contributed by atoms with Gasteiger partial charge in [0, 0.05) is 37.2 Å². The van der Waals surface area contributed by atoms with Gasteiger partial charge in [0.15, 0.2) is 0 Å². The van der Waals surface area contributed by atoms with Crippen LogP contribution in [0.25, 0.3) is 0 Å². The Labute approximate surface area is 131 Å². The maximum atomic E-state index is 9.32. The molecule has 1 unspecified atom stereocenters. The molecular weight excluding hydrogens is 264 g/mol. The molecule has 4 heteroatoms. The number of rotatable bonds is 9. The molecule has 0 aromatic carbocycles. The summed E-state index contributed by atoms with van der Waals surface area (Å²) in [4.78, 5) is 2.42. The topological polar surface area (TPSA) is 44.7 Å². The van der Waals surface area contributed by atoms with E-state index in [-0.39, 0.29) is 17.6 Å². The molecule has 1 fully saturated rings. The van der Waals surface area contributed by atoms with E-state index in [9.17, 15) is 5.11 Å². The molecule has 0 radical (unpaired) electrons. The van der Waals surface area contributed by atoms with Crippen molar-refractivity contribution >= 4 is 0 Å². The molecule has 0 aromatic heterocycles. The predicted molar refractivity (Wildman–Crippen MR) is 88.7 cm³/mol. The van der Waals surface area contributed by atoms with Crippen molar-refractivity contribution in [3.8, 4) is 0 Å². The summed E-state index contributed by atoms with van der Waals surface area (Å²) in [5.41, 5.74) is 0.324. The van der Waals surface area contributed by atoms with Crippen molar-refractivity contribution in [2.45, 2.75) is 58.9 Å². The molecule has 0 spiro atoms. The Morgan fingerprint density at radius 1 is 1.29 bits per heavy atom. The third-order valence-corrected chi connectivity index (χ3v) is 4.20. The number of ether oxygens (including phenoxy) is 1. The normalized spacial score (nSPS) is 23.7. The third-order valence-electron chi connectivity index (χ3n) is 4.20. The Hall–Kier alpha value is -0.160. The molecule has 1 heterocycles. The molecule has 2 N–H and O–H groups in total. The smallest absolute Gasteiger partial charge is 0.0558 e. The van der Waals surface area contributed by atoms with Gasteiger partial charge in [-0.2, -0.15) is 0 Å². The van der Waals surface area contributed by atoms with Crippen LogP contribution < -0.4 is 5.32 Å². The lowest BCUT2D eigenvalue weighted by Gasteiger charge is -2.42. The summed E-state index contributed by atoms with van der Waals surface area (Å²) >= 11 is 0. The zero-order valence-corrected chi connectivity index (χ0v) is 14.6. The van der Waals surface area contributed by atoms with Gasteiger partial charge in [-0.15, -0.1) is 0 Å². The second-order valence-corrected chi connectivity index (χ2v) is 7.61. The van der Waals surface area contributed by atoms with E-state index < -0.39 is 0 Å². The van der Waals surface area contributed by atoms with Crippen LogP contribution in [0.3, 0.4) is 0 Å². The number of aliphatic hydroxyl groups excluding tert-OH is 1. The minimum absolute atomic E-state index is 0.135. The van der Waals surface area contributed by atoms with Crippen LogP contribution in [-0.4, -0.2) is 61.5 Å². The van der Waals surface area contributed by atoms with Crippen LogP contribution in [0.2, 0.25) is 0 Å². The molecule has 21 heavy (non-hydrogen) atoms. The van der Waals surface area contributed by atoms with E-state index in [0.717, 1.165) is 45.8 Å². The summed E-state index contributed by atoms with van der Waals surface area (Å²) < 4.78 is 5.81. The molecule has 1 atom stereocenters. The molecule has 0 amide bonds. The number of aliphatic hydroxyl groups is 1. The van der Waals surface area contributed by atoms with E-state index >= 15 is 0 Å². The Morgan fingerprint density at radius 2 is 2.05 bits per heavy atom. The van der Waals surface area contributed by atoms with Crippen LogP contribution in [0.1, 0.15) is 53.4 Å². The monoisotopic (exact) mass is 300 g/mol. The van der Waals surface area contributed by atoms with Crippen LogP contribution >= 0.6 is 0 Å². The largest absolute Gasteiger partial charge is 0.395 e. The second kappa shape index (κ2) is 9.09. The molecule has 1 saturated heterocycles. The highest BCUT2D eigenvalue weighted by Gasteiger charge is 2.35. The Kier molecular flexibility index (Phi) is 8.17. The molecule has 1 aliphatic heterocycles. The number of nitrogens with one attached hydrogen (secondary N) is 1. The summed E-state index contributed by atoms with van der Waals surface area (Å²) in [5.74, 6) is 0. The quantitative estimate of drug-likeness (QED) is 0.685. The number of unbranched alkanes of at least 4 members (excludes halogenated alkanes) is 1. The first-order valence-corrected chi connectivity index (χ1v) is 8.57. The Bertz CT molecular complexity index is 270. The van der Waals surface area contributed by atoms with Crippen LogP contribution in [-0.2, 0) is 4.74 Å². The standard InChI is InChI=1S/C17H36N2O2/c1-5-6-9-19(10-11-20)14-17(8-7-12-21-15-17)13-18-16(2,3)4/h18,20H,5-15H2,1-4H3. The molecule has 4 nitrogen and oxygen atoms in total. The van der Waals surface area contributed by atoms with E-state index in [1.54, 1.807) is 0 Å². The fraction of sp³-hybridized carbons (Fsp3) is 1.00. The predicted octanol–water partition coefficient (Wildman–Crippen LogP) is 2.27. The summed E-state index contributed by atoms with van der Waals surface area (Å²) in [6.07, 6.45) is 4.76. The molecule has 0 aliphatic carbocycles. The summed E-state index contributed by atoms with van der Waals surface area (Å²) in [6, 6.07) is 0. The van der Waals surface area contributed by atoms with Gasteiger partial charge in [-0.1, -0.05) is 13.3 Å². The van der Waals surface area contributed by atoms with Gasteiger partial charge in [-0.3, -0.25) is 0 Å². The molecule has 1 rings (SSSR count). The van der Waals surface area contributed by atoms with Gasteiger partial charge in [-0.05, 0) is 46.6 Å². The molecule has 0 aromatic rings. The Balaban J connectivity index is 2.65. The van der Waals surface area contributed by atoms with E-state index in [1.807, 2.05) is 0 Å². The number of hydrogen-bond donors (Lipinski definition) is 2. The van der Waals surface area contributed by atoms with Gasteiger partial charge in [0.2, 0.25) is 0 Å². The van der Waals surface area contributed by atoms with E-state index in [4.69, 9.17) is 4.74 Å². The lowest BCUT2D eigenvalue weighted by Crippen LogP contribution is -2.52. The van der Waals surface area contributed by atoms with Crippen molar-refractivity contribution in [1.29, 1.82) is 0 Å². The van der Waals surface area contributed by atoms with Crippen molar-refractivity contribution in [2.75, 3.05) is 46.0 Å². The minimum Gasteiger partial charge on any atom is -0.395 e. The van der Waals surface area contributed by atoms with Crippen molar-refractivity contribution in [3.63, 3.8) is 0 Å². The Morgan fingerprint density at radius 3 is 2.57 bits per heavy atom. The first-order valence-electron chi connectivity index (χ1n) is 8.57.